The molecule has 4 amide bonds. The van der Waals surface area contributed by atoms with Gasteiger partial charge in [0.15, 0.2) is 0 Å². The Kier molecular flexibility index (Phi) is 10.4. The molecule has 2 aromatic rings. The molecule has 0 aliphatic rings. The van der Waals surface area contributed by atoms with E-state index in [-0.39, 0.29) is 0 Å². The molecule has 0 fully saturated rings. The van der Waals surface area contributed by atoms with E-state index >= 15 is 0 Å². The van der Waals surface area contributed by atoms with Gasteiger partial charge in [0.05, 0.1) is 6.42 Å². The molecule has 0 bridgehead atoms. The van der Waals surface area contributed by atoms with E-state index in [0.29, 0.717) is 11.3 Å². The molecular weight excluding hydrogens is 496 g/mol. The van der Waals surface area contributed by atoms with E-state index in [9.17, 15) is 19.2 Å². The molecule has 2 atom stereocenters. The number of hydrogen-bond donors (Lipinski definition) is 3. The molecule has 9 heteroatoms. The fourth-order valence-corrected chi connectivity index (χ4v) is 4.21. The third-order valence-electron chi connectivity index (χ3n) is 5.92. The number of amides is 4. The molecule has 0 saturated carbocycles. The lowest BCUT2D eigenvalue weighted by atomic mass is 9.98. The molecule has 0 aliphatic carbocycles. The number of carbonyl (C=O) groups excluding carboxylic acids is 4. The zero-order valence-corrected chi connectivity index (χ0v) is 23.8. The molecule has 0 aromatic heterocycles. The van der Waals surface area contributed by atoms with E-state index in [2.05, 4.69) is 17.2 Å². The second-order valence-corrected chi connectivity index (χ2v) is 10.7. The fraction of sp³-hybridized carbons (Fsp3) is 0.400. The van der Waals surface area contributed by atoms with E-state index in [1.54, 1.807) is 58.9 Å². The van der Waals surface area contributed by atoms with Gasteiger partial charge in [-0.2, -0.15) is 0 Å². The van der Waals surface area contributed by atoms with Crippen molar-refractivity contribution in [2.45, 2.75) is 78.6 Å². The first-order valence-corrected chi connectivity index (χ1v) is 12.8. The van der Waals surface area contributed by atoms with Crippen molar-refractivity contribution in [2.75, 3.05) is 5.32 Å². The predicted octanol–water partition coefficient (Wildman–Crippen LogP) is 4.63. The van der Waals surface area contributed by atoms with Crippen LogP contribution in [0.1, 0.15) is 69.3 Å². The number of rotatable bonds is 10. The zero-order valence-electron chi connectivity index (χ0n) is 23.8. The molecule has 0 spiro atoms. The zero-order chi connectivity index (χ0) is 29.5. The Bertz CT molecular complexity index is 1210. The lowest BCUT2D eigenvalue weighted by Crippen LogP contribution is -2.55. The van der Waals surface area contributed by atoms with Crippen molar-refractivity contribution in [3.63, 3.8) is 0 Å². The number of nitrogens with one attached hydrogen (secondary N) is 2. The Labute approximate surface area is 230 Å². The summed E-state index contributed by atoms with van der Waals surface area (Å²) < 4.78 is 5.31. The van der Waals surface area contributed by atoms with Crippen molar-refractivity contribution >= 4 is 35.6 Å². The van der Waals surface area contributed by atoms with Gasteiger partial charge in [0.25, 0.3) is 5.91 Å². The number of ether oxygens (including phenoxy) is 1. The van der Waals surface area contributed by atoms with Gasteiger partial charge < -0.3 is 26.0 Å². The van der Waals surface area contributed by atoms with Crippen LogP contribution in [0, 0.1) is 13.8 Å². The van der Waals surface area contributed by atoms with Gasteiger partial charge >= 0.3 is 6.09 Å². The first-order valence-electron chi connectivity index (χ1n) is 12.8. The number of primary amides is 1. The lowest BCUT2D eigenvalue weighted by molar-refractivity contribution is -0.143. The number of hydrogen-bond acceptors (Lipinski definition) is 5. The van der Waals surface area contributed by atoms with Gasteiger partial charge in [-0.15, -0.1) is 0 Å². The molecule has 39 heavy (non-hydrogen) atoms. The molecule has 0 saturated heterocycles. The number of carbonyl (C=O) groups is 4. The maximum Gasteiger partial charge on any atom is 0.408 e. The molecule has 0 aliphatic heterocycles. The third-order valence-corrected chi connectivity index (χ3v) is 5.92. The van der Waals surface area contributed by atoms with Crippen molar-refractivity contribution in [1.82, 2.24) is 10.2 Å². The number of nitrogens with zero attached hydrogens (tertiary/aromatic N) is 1. The largest absolute Gasteiger partial charge is 0.444 e. The Balaban J connectivity index is 2.61. The van der Waals surface area contributed by atoms with Crippen LogP contribution in [0.3, 0.4) is 0 Å². The first-order chi connectivity index (χ1) is 18.1. The number of nitrogens with two attached hydrogens (primary N) is 1. The van der Waals surface area contributed by atoms with Gasteiger partial charge in [0, 0.05) is 11.7 Å². The summed E-state index contributed by atoms with van der Waals surface area (Å²) in [7, 11) is 0. The summed E-state index contributed by atoms with van der Waals surface area (Å²) >= 11 is 0. The number of alkyl carbamates (subject to hydrolysis) is 1. The van der Waals surface area contributed by atoms with E-state index in [1.165, 1.54) is 4.90 Å². The molecule has 4 N–H and O–H groups in total. The highest BCUT2D eigenvalue weighted by Gasteiger charge is 2.38. The average Bonchev–Trinajstić information content (AvgIpc) is 2.82. The van der Waals surface area contributed by atoms with Crippen LogP contribution in [-0.2, 0) is 19.1 Å². The number of para-hydroxylation sites is 1. The van der Waals surface area contributed by atoms with Crippen molar-refractivity contribution in [2.24, 2.45) is 5.73 Å². The smallest absolute Gasteiger partial charge is 0.408 e. The van der Waals surface area contributed by atoms with E-state index in [0.717, 1.165) is 16.7 Å². The molecule has 2 unspecified atom stereocenters. The summed E-state index contributed by atoms with van der Waals surface area (Å²) in [5.74, 6) is -1.90. The quantitative estimate of drug-likeness (QED) is 0.407. The van der Waals surface area contributed by atoms with Crippen LogP contribution in [0.25, 0.3) is 6.08 Å². The fourth-order valence-electron chi connectivity index (χ4n) is 4.21. The standard InChI is InChI=1S/C30H40N4O5/c1-9-21-14-11-15-22(16-21)26(27(36)33-25-19(4)12-10-13-20(25)5)34(18(2)3)28(37)23(17-24(31)35)32-29(38)39-30(6,7)8/h9-16,18,23,26H,1,17H2,2-8H3,(H2,31,35)(H,32,38)(H,33,36). The number of aryl methyl sites for hydroxylation is 2. The Morgan fingerprint density at radius 3 is 2.15 bits per heavy atom. The summed E-state index contributed by atoms with van der Waals surface area (Å²) in [5.41, 5.74) is 8.27. The minimum Gasteiger partial charge on any atom is -0.444 e. The predicted molar refractivity (Wildman–Crippen MR) is 153 cm³/mol. The molecule has 9 nitrogen and oxygen atoms in total. The van der Waals surface area contributed by atoms with Gasteiger partial charge in [-0.25, -0.2) is 4.79 Å². The van der Waals surface area contributed by atoms with Gasteiger partial charge in [-0.05, 0) is 76.8 Å². The van der Waals surface area contributed by atoms with Gasteiger partial charge in [-0.1, -0.05) is 49.1 Å². The number of anilines is 1. The average molecular weight is 537 g/mol. The first kappa shape index (κ1) is 31.1. The molecule has 0 radical (unpaired) electrons. The maximum absolute atomic E-state index is 14.0. The third kappa shape index (κ3) is 8.70. The van der Waals surface area contributed by atoms with Crippen molar-refractivity contribution in [1.29, 1.82) is 0 Å². The van der Waals surface area contributed by atoms with E-state index in [4.69, 9.17) is 10.5 Å². The minimum atomic E-state index is -1.35. The summed E-state index contributed by atoms with van der Waals surface area (Å²) in [6.07, 6.45) is 0.293. The van der Waals surface area contributed by atoms with Gasteiger partial charge in [0.2, 0.25) is 11.8 Å². The normalized spacial score (nSPS) is 12.7. The van der Waals surface area contributed by atoms with Crippen LogP contribution in [0.2, 0.25) is 0 Å². The van der Waals surface area contributed by atoms with Crippen LogP contribution < -0.4 is 16.4 Å². The highest BCUT2D eigenvalue weighted by Crippen LogP contribution is 2.29. The molecular formula is C30H40N4O5. The molecule has 2 rings (SSSR count). The summed E-state index contributed by atoms with van der Waals surface area (Å²) in [5, 5.41) is 5.47. The summed E-state index contributed by atoms with van der Waals surface area (Å²) in [6, 6.07) is 9.83. The Morgan fingerprint density at radius 2 is 1.64 bits per heavy atom. The van der Waals surface area contributed by atoms with Crippen LogP contribution in [0.4, 0.5) is 10.5 Å². The lowest BCUT2D eigenvalue weighted by Gasteiger charge is -2.37. The second kappa shape index (κ2) is 13.1. The summed E-state index contributed by atoms with van der Waals surface area (Å²) in [6.45, 7) is 16.1. The highest BCUT2D eigenvalue weighted by molar-refractivity contribution is 6.00. The summed E-state index contributed by atoms with van der Waals surface area (Å²) in [4.78, 5) is 53.9. The van der Waals surface area contributed by atoms with Crippen molar-refractivity contribution < 1.29 is 23.9 Å². The number of benzene rings is 2. The molecule has 210 valence electrons. The van der Waals surface area contributed by atoms with Crippen LogP contribution in [-0.4, -0.2) is 46.4 Å². The second-order valence-electron chi connectivity index (χ2n) is 10.7. The van der Waals surface area contributed by atoms with Crippen LogP contribution in [0.5, 0.6) is 0 Å². The Hall–Kier alpha value is -4.14. The Morgan fingerprint density at radius 1 is 1.05 bits per heavy atom. The van der Waals surface area contributed by atoms with Crippen molar-refractivity contribution in [3.05, 3.63) is 71.3 Å². The highest BCUT2D eigenvalue weighted by atomic mass is 16.6. The monoisotopic (exact) mass is 536 g/mol. The maximum atomic E-state index is 14.0. The van der Waals surface area contributed by atoms with E-state index in [1.807, 2.05) is 38.1 Å². The molecule has 0 heterocycles. The SMILES string of the molecule is C=Cc1cccc(C(C(=O)Nc2c(C)cccc2C)N(C(=O)C(CC(N)=O)NC(=O)OC(C)(C)C)C(C)C)c1. The van der Waals surface area contributed by atoms with E-state index < -0.39 is 54.0 Å². The van der Waals surface area contributed by atoms with Crippen LogP contribution >= 0.6 is 0 Å². The molecule has 2 aromatic carbocycles. The van der Waals surface area contributed by atoms with Crippen molar-refractivity contribution in [3.8, 4) is 0 Å². The van der Waals surface area contributed by atoms with Gasteiger partial charge in [0.1, 0.15) is 17.7 Å². The van der Waals surface area contributed by atoms with Crippen LogP contribution in [0.15, 0.2) is 49.0 Å². The minimum absolute atomic E-state index is 0.453. The topological polar surface area (TPSA) is 131 Å². The van der Waals surface area contributed by atoms with Gasteiger partial charge in [-0.3, -0.25) is 14.4 Å².